The van der Waals surface area contributed by atoms with Gasteiger partial charge in [0, 0.05) is 19.1 Å². The first-order valence-corrected chi connectivity index (χ1v) is 5.37. The molecule has 82 valence electrons. The summed E-state index contributed by atoms with van der Waals surface area (Å²) < 4.78 is 5.31. The van der Waals surface area contributed by atoms with Gasteiger partial charge >= 0.3 is 0 Å². The third kappa shape index (κ3) is 2.65. The van der Waals surface area contributed by atoms with Gasteiger partial charge in [-0.05, 0) is 20.3 Å². The summed E-state index contributed by atoms with van der Waals surface area (Å²) >= 11 is 0. The smallest absolute Gasteiger partial charge is 0.144 e. The molecule has 0 aromatic carbocycles. The molecule has 4 heteroatoms. The predicted octanol–water partition coefficient (Wildman–Crippen LogP) is 1.54. The van der Waals surface area contributed by atoms with E-state index >= 15 is 0 Å². The SMILES string of the molecule is Cc1ncc(NCC2CCOC2)nc1C. The lowest BCUT2D eigenvalue weighted by Crippen LogP contribution is -2.15. The molecule has 0 amide bonds. The number of anilines is 1. The Balaban J connectivity index is 1.90. The summed E-state index contributed by atoms with van der Waals surface area (Å²) in [7, 11) is 0. The molecule has 1 aromatic rings. The van der Waals surface area contributed by atoms with Crippen LogP contribution in [0.1, 0.15) is 17.8 Å². The van der Waals surface area contributed by atoms with Crippen LogP contribution in [0.15, 0.2) is 6.20 Å². The third-order valence-electron chi connectivity index (χ3n) is 2.79. The highest BCUT2D eigenvalue weighted by atomic mass is 16.5. The van der Waals surface area contributed by atoms with E-state index in [0.29, 0.717) is 5.92 Å². The second kappa shape index (κ2) is 4.57. The van der Waals surface area contributed by atoms with Crippen molar-refractivity contribution < 1.29 is 4.74 Å². The van der Waals surface area contributed by atoms with Gasteiger partial charge in [-0.25, -0.2) is 4.98 Å². The number of aromatic nitrogens is 2. The fourth-order valence-corrected chi connectivity index (χ4v) is 1.62. The predicted molar refractivity (Wildman–Crippen MR) is 58.9 cm³/mol. The van der Waals surface area contributed by atoms with Crippen LogP contribution in [-0.2, 0) is 4.74 Å². The molecule has 1 aliphatic rings. The van der Waals surface area contributed by atoms with E-state index in [-0.39, 0.29) is 0 Å². The maximum Gasteiger partial charge on any atom is 0.144 e. The molecule has 2 heterocycles. The van der Waals surface area contributed by atoms with E-state index in [1.807, 2.05) is 13.8 Å². The van der Waals surface area contributed by atoms with E-state index < -0.39 is 0 Å². The van der Waals surface area contributed by atoms with E-state index in [4.69, 9.17) is 4.74 Å². The highest BCUT2D eigenvalue weighted by Gasteiger charge is 2.15. The fraction of sp³-hybridized carbons (Fsp3) is 0.636. The van der Waals surface area contributed by atoms with Crippen LogP contribution < -0.4 is 5.32 Å². The van der Waals surface area contributed by atoms with Gasteiger partial charge in [0.05, 0.1) is 24.2 Å². The van der Waals surface area contributed by atoms with Crippen LogP contribution in [-0.4, -0.2) is 29.7 Å². The maximum atomic E-state index is 5.31. The molecule has 0 aliphatic carbocycles. The van der Waals surface area contributed by atoms with Gasteiger partial charge < -0.3 is 10.1 Å². The summed E-state index contributed by atoms with van der Waals surface area (Å²) in [5, 5.41) is 3.30. The van der Waals surface area contributed by atoms with Gasteiger partial charge in [-0.3, -0.25) is 4.98 Å². The Kier molecular flexibility index (Phi) is 3.16. The minimum absolute atomic E-state index is 0.619. The van der Waals surface area contributed by atoms with Crippen LogP contribution >= 0.6 is 0 Å². The van der Waals surface area contributed by atoms with Crippen molar-refractivity contribution in [1.82, 2.24) is 9.97 Å². The summed E-state index contributed by atoms with van der Waals surface area (Å²) in [4.78, 5) is 8.69. The molecule has 1 saturated heterocycles. The average molecular weight is 207 g/mol. The number of hydrogen-bond donors (Lipinski definition) is 1. The number of nitrogens with one attached hydrogen (secondary N) is 1. The topological polar surface area (TPSA) is 47.0 Å². The Hall–Kier alpha value is -1.16. The summed E-state index contributed by atoms with van der Waals surface area (Å²) in [5.74, 6) is 1.48. The Bertz CT molecular complexity index is 335. The van der Waals surface area contributed by atoms with Crippen LogP contribution in [0.4, 0.5) is 5.82 Å². The molecule has 1 aliphatic heterocycles. The van der Waals surface area contributed by atoms with Crippen LogP contribution in [0.25, 0.3) is 0 Å². The van der Waals surface area contributed by atoms with Crippen LogP contribution in [0.5, 0.6) is 0 Å². The Morgan fingerprint density at radius 3 is 3.00 bits per heavy atom. The molecule has 2 rings (SSSR count). The van der Waals surface area contributed by atoms with E-state index in [2.05, 4.69) is 15.3 Å². The normalized spacial score (nSPS) is 20.5. The molecule has 0 saturated carbocycles. The molecule has 1 unspecified atom stereocenters. The Morgan fingerprint density at radius 2 is 2.33 bits per heavy atom. The standard InChI is InChI=1S/C11H17N3O/c1-8-9(2)14-11(6-12-8)13-5-10-3-4-15-7-10/h6,10H,3-5,7H2,1-2H3,(H,13,14). The highest BCUT2D eigenvalue weighted by molar-refractivity contribution is 5.33. The van der Waals surface area contributed by atoms with Gasteiger partial charge in [-0.15, -0.1) is 0 Å². The quantitative estimate of drug-likeness (QED) is 0.816. The second-order valence-corrected chi connectivity index (χ2v) is 4.04. The largest absolute Gasteiger partial charge is 0.381 e. The van der Waals surface area contributed by atoms with E-state index in [1.54, 1.807) is 6.20 Å². The van der Waals surface area contributed by atoms with Gasteiger partial charge in [-0.2, -0.15) is 0 Å². The number of ether oxygens (including phenoxy) is 1. The molecular weight excluding hydrogens is 190 g/mol. The van der Waals surface area contributed by atoms with Crippen molar-refractivity contribution in [2.24, 2.45) is 5.92 Å². The molecule has 1 aromatic heterocycles. The zero-order valence-electron chi connectivity index (χ0n) is 9.29. The van der Waals surface area contributed by atoms with E-state index in [1.165, 1.54) is 0 Å². The van der Waals surface area contributed by atoms with Crippen molar-refractivity contribution in [3.05, 3.63) is 17.6 Å². The van der Waals surface area contributed by atoms with Crippen LogP contribution in [0, 0.1) is 19.8 Å². The summed E-state index contributed by atoms with van der Waals surface area (Å²) in [6.45, 7) is 6.64. The van der Waals surface area contributed by atoms with Gasteiger partial charge in [-0.1, -0.05) is 0 Å². The molecule has 0 bridgehead atoms. The highest BCUT2D eigenvalue weighted by Crippen LogP contribution is 2.13. The van der Waals surface area contributed by atoms with Crippen molar-refractivity contribution in [3.8, 4) is 0 Å². The number of nitrogens with zero attached hydrogens (tertiary/aromatic N) is 2. The van der Waals surface area contributed by atoms with Crippen LogP contribution in [0.3, 0.4) is 0 Å². The zero-order valence-corrected chi connectivity index (χ0v) is 9.29. The van der Waals surface area contributed by atoms with Crippen molar-refractivity contribution in [3.63, 3.8) is 0 Å². The Morgan fingerprint density at radius 1 is 1.47 bits per heavy atom. The monoisotopic (exact) mass is 207 g/mol. The average Bonchev–Trinajstić information content (AvgIpc) is 2.73. The number of hydrogen-bond acceptors (Lipinski definition) is 4. The van der Waals surface area contributed by atoms with Crippen molar-refractivity contribution in [2.45, 2.75) is 20.3 Å². The van der Waals surface area contributed by atoms with Gasteiger partial charge in [0.1, 0.15) is 5.82 Å². The summed E-state index contributed by atoms with van der Waals surface area (Å²) in [6, 6.07) is 0. The lowest BCUT2D eigenvalue weighted by atomic mass is 10.1. The molecule has 1 N–H and O–H groups in total. The van der Waals surface area contributed by atoms with Crippen LogP contribution in [0.2, 0.25) is 0 Å². The summed E-state index contributed by atoms with van der Waals surface area (Å²) in [5.41, 5.74) is 1.98. The zero-order chi connectivity index (χ0) is 10.7. The van der Waals surface area contributed by atoms with Crippen molar-refractivity contribution >= 4 is 5.82 Å². The van der Waals surface area contributed by atoms with E-state index in [9.17, 15) is 0 Å². The maximum absolute atomic E-state index is 5.31. The molecule has 15 heavy (non-hydrogen) atoms. The lowest BCUT2D eigenvalue weighted by Gasteiger charge is -2.10. The first-order chi connectivity index (χ1) is 7.25. The first kappa shape index (κ1) is 10.4. The van der Waals surface area contributed by atoms with E-state index in [0.717, 1.165) is 43.4 Å². The summed E-state index contributed by atoms with van der Waals surface area (Å²) in [6.07, 6.45) is 2.93. The minimum Gasteiger partial charge on any atom is -0.381 e. The van der Waals surface area contributed by atoms with Crippen molar-refractivity contribution in [1.29, 1.82) is 0 Å². The molecule has 0 radical (unpaired) electrons. The first-order valence-electron chi connectivity index (χ1n) is 5.37. The number of aryl methyl sites for hydroxylation is 2. The second-order valence-electron chi connectivity index (χ2n) is 4.04. The van der Waals surface area contributed by atoms with Gasteiger partial charge in [0.15, 0.2) is 0 Å². The molecule has 4 nitrogen and oxygen atoms in total. The Labute approximate surface area is 90.1 Å². The minimum atomic E-state index is 0.619. The van der Waals surface area contributed by atoms with Gasteiger partial charge in [0.25, 0.3) is 0 Å². The molecule has 1 atom stereocenters. The van der Waals surface area contributed by atoms with Gasteiger partial charge in [0.2, 0.25) is 0 Å². The molecular formula is C11H17N3O. The fourth-order valence-electron chi connectivity index (χ4n) is 1.62. The molecule has 1 fully saturated rings. The third-order valence-corrected chi connectivity index (χ3v) is 2.79. The van der Waals surface area contributed by atoms with Crippen molar-refractivity contribution in [2.75, 3.05) is 25.1 Å². The molecule has 0 spiro atoms. The lowest BCUT2D eigenvalue weighted by molar-refractivity contribution is 0.187. The number of rotatable bonds is 3.